The Morgan fingerprint density at radius 1 is 0.620 bits per heavy atom. The van der Waals surface area contributed by atoms with Gasteiger partial charge in [-0.15, -0.1) is 0 Å². The molecule has 0 amide bonds. The predicted octanol–water partition coefficient (Wildman–Crippen LogP) is 11.3. The zero-order valence-electron chi connectivity index (χ0n) is 27.5. The van der Waals surface area contributed by atoms with Crippen LogP contribution in [0.1, 0.15) is 30.5 Å². The van der Waals surface area contributed by atoms with Crippen LogP contribution in [0.3, 0.4) is 0 Å². The van der Waals surface area contributed by atoms with Gasteiger partial charge in [-0.3, -0.25) is 0 Å². The number of fused-ring (bicyclic) bond motifs is 6. The number of hydrogen-bond donors (Lipinski definition) is 0. The summed E-state index contributed by atoms with van der Waals surface area (Å²) in [5, 5.41) is 12.8. The minimum absolute atomic E-state index is 0.165. The largest absolute Gasteiger partial charge is 0.319 e. The van der Waals surface area contributed by atoms with Crippen molar-refractivity contribution in [1.29, 1.82) is 5.26 Å². The Kier molecular flexibility index (Phi) is 6.53. The second-order valence-electron chi connectivity index (χ2n) is 13.2. The average molecular weight is 640 g/mol. The molecule has 0 radical (unpaired) electrons. The van der Waals surface area contributed by atoms with Gasteiger partial charge in [-0.05, 0) is 58.1 Å². The maximum Gasteiger partial charge on any atom is 0.211 e. The summed E-state index contributed by atoms with van der Waals surface area (Å²) >= 11 is 0. The van der Waals surface area contributed by atoms with E-state index in [1.54, 1.807) is 0 Å². The summed E-state index contributed by atoms with van der Waals surface area (Å²) in [5.74, 6) is 0.520. The van der Waals surface area contributed by atoms with Crippen molar-refractivity contribution in [3.63, 3.8) is 0 Å². The van der Waals surface area contributed by atoms with Gasteiger partial charge < -0.3 is 4.57 Å². The number of aromatic nitrogens is 3. The Bertz CT molecular complexity index is 2740. The molecule has 234 valence electrons. The van der Waals surface area contributed by atoms with Crippen LogP contribution in [0, 0.1) is 17.9 Å². The fourth-order valence-electron chi connectivity index (χ4n) is 7.67. The predicted molar refractivity (Wildman–Crippen MR) is 201 cm³/mol. The molecule has 0 unspecified atom stereocenters. The van der Waals surface area contributed by atoms with Crippen LogP contribution in [0.4, 0.5) is 5.69 Å². The molecule has 9 rings (SSSR count). The second-order valence-corrected chi connectivity index (χ2v) is 13.2. The molecule has 2 heterocycles. The van der Waals surface area contributed by atoms with Crippen molar-refractivity contribution >= 4 is 27.5 Å². The van der Waals surface area contributed by atoms with Gasteiger partial charge in [0.1, 0.15) is 11.6 Å². The molecule has 8 aromatic rings. The molecule has 0 bridgehead atoms. The van der Waals surface area contributed by atoms with E-state index < -0.39 is 0 Å². The van der Waals surface area contributed by atoms with Crippen molar-refractivity contribution in [2.24, 2.45) is 0 Å². The molecule has 5 nitrogen and oxygen atoms in total. The first-order valence-electron chi connectivity index (χ1n) is 16.6. The minimum Gasteiger partial charge on any atom is -0.319 e. The van der Waals surface area contributed by atoms with Gasteiger partial charge in [0, 0.05) is 27.3 Å². The highest BCUT2D eigenvalue weighted by atomic mass is 15.0. The fraction of sp³-hybridized carbons (Fsp3) is 0.0667. The van der Waals surface area contributed by atoms with Crippen molar-refractivity contribution < 1.29 is 0 Å². The monoisotopic (exact) mass is 639 g/mol. The number of para-hydroxylation sites is 1. The van der Waals surface area contributed by atoms with Crippen molar-refractivity contribution in [3.8, 4) is 56.8 Å². The molecule has 0 N–H and O–H groups in total. The number of benzene rings is 6. The summed E-state index contributed by atoms with van der Waals surface area (Å²) in [6.45, 7) is 13.0. The molecule has 1 aliphatic rings. The first-order valence-corrected chi connectivity index (χ1v) is 16.6. The lowest BCUT2D eigenvalue weighted by molar-refractivity contribution is 0.661. The maximum absolute atomic E-state index is 10.5. The van der Waals surface area contributed by atoms with Gasteiger partial charge in [-0.1, -0.05) is 123 Å². The molecule has 50 heavy (non-hydrogen) atoms. The lowest BCUT2D eigenvalue weighted by Crippen LogP contribution is -2.14. The third-order valence-electron chi connectivity index (χ3n) is 10.1. The van der Waals surface area contributed by atoms with E-state index in [2.05, 4.69) is 83.9 Å². The molecule has 0 fully saturated rings. The topological polar surface area (TPSA) is 58.9 Å². The van der Waals surface area contributed by atoms with Gasteiger partial charge in [0.05, 0.1) is 34.7 Å². The lowest BCUT2D eigenvalue weighted by atomic mass is 9.82. The molecule has 5 heteroatoms. The standard InChI is InChI=1S/C45H29N5/c1-45(2)36-20-12-10-18-31(36)33-25-34-32-19-11-13-21-39(32)50(41(34)26-37(33)45)40-23-22-30(24-38(40)47-3)43-35(27-46)42(28-14-6-4-7-15-28)48-44(49-43)29-16-8-5-9-17-29/h4-26H,1-2H3. The number of nitriles is 1. The molecular weight excluding hydrogens is 611 g/mol. The second kappa shape index (κ2) is 11.1. The van der Waals surface area contributed by atoms with E-state index in [0.717, 1.165) is 38.6 Å². The summed E-state index contributed by atoms with van der Waals surface area (Å²) in [6.07, 6.45) is 0. The van der Waals surface area contributed by atoms with E-state index in [1.807, 2.05) is 84.9 Å². The molecule has 0 saturated carbocycles. The average Bonchev–Trinajstić information content (AvgIpc) is 3.61. The first-order chi connectivity index (χ1) is 24.5. The quantitative estimate of drug-likeness (QED) is 0.180. The maximum atomic E-state index is 10.5. The van der Waals surface area contributed by atoms with Crippen molar-refractivity contribution in [3.05, 3.63) is 168 Å². The SMILES string of the molecule is [C-]#[N+]c1cc(-c2nc(-c3ccccc3)nc(-c3ccccc3)c2C#N)ccc1-n1c2ccccc2c2cc3c(cc21)C(C)(C)c1ccccc1-3. The zero-order valence-corrected chi connectivity index (χ0v) is 27.5. The molecule has 2 aromatic heterocycles. The van der Waals surface area contributed by atoms with Crippen molar-refractivity contribution in [1.82, 2.24) is 14.5 Å². The van der Waals surface area contributed by atoms with Gasteiger partial charge in [0.15, 0.2) is 5.82 Å². The normalized spacial score (nSPS) is 12.7. The summed E-state index contributed by atoms with van der Waals surface area (Å²) < 4.78 is 2.22. The smallest absolute Gasteiger partial charge is 0.211 e. The van der Waals surface area contributed by atoms with Crippen LogP contribution in [0.5, 0.6) is 0 Å². The van der Waals surface area contributed by atoms with Gasteiger partial charge in [-0.2, -0.15) is 5.26 Å². The molecule has 0 atom stereocenters. The molecule has 0 aliphatic heterocycles. The van der Waals surface area contributed by atoms with Gasteiger partial charge in [0.25, 0.3) is 0 Å². The molecule has 0 spiro atoms. The third-order valence-corrected chi connectivity index (χ3v) is 10.1. The van der Waals surface area contributed by atoms with Crippen LogP contribution < -0.4 is 0 Å². The van der Waals surface area contributed by atoms with E-state index in [9.17, 15) is 5.26 Å². The Morgan fingerprint density at radius 2 is 1.28 bits per heavy atom. The molecular formula is C45H29N5. The minimum atomic E-state index is -0.165. The van der Waals surface area contributed by atoms with Crippen LogP contribution in [0.25, 0.3) is 77.4 Å². The Balaban J connectivity index is 1.28. The first kappa shape index (κ1) is 29.3. The Hall–Kier alpha value is -6.82. The molecule has 1 aliphatic carbocycles. The number of rotatable bonds is 4. The van der Waals surface area contributed by atoms with Gasteiger partial charge in [0.2, 0.25) is 5.69 Å². The van der Waals surface area contributed by atoms with Crippen LogP contribution in [-0.2, 0) is 5.41 Å². The highest BCUT2D eigenvalue weighted by molar-refractivity contribution is 6.12. The van der Waals surface area contributed by atoms with Crippen LogP contribution in [-0.4, -0.2) is 14.5 Å². The Labute approximate surface area is 290 Å². The van der Waals surface area contributed by atoms with E-state index in [1.165, 1.54) is 22.3 Å². The highest BCUT2D eigenvalue weighted by Gasteiger charge is 2.36. The van der Waals surface area contributed by atoms with Crippen LogP contribution in [0.15, 0.2) is 140 Å². The van der Waals surface area contributed by atoms with Gasteiger partial charge >= 0.3 is 0 Å². The lowest BCUT2D eigenvalue weighted by Gasteiger charge is -2.22. The summed E-state index contributed by atoms with van der Waals surface area (Å²) in [5.41, 5.74) is 12.1. The summed E-state index contributed by atoms with van der Waals surface area (Å²) in [6, 6.07) is 49.5. The summed E-state index contributed by atoms with van der Waals surface area (Å²) in [7, 11) is 0. The van der Waals surface area contributed by atoms with Crippen molar-refractivity contribution in [2.45, 2.75) is 19.3 Å². The fourth-order valence-corrected chi connectivity index (χ4v) is 7.67. The van der Waals surface area contributed by atoms with E-state index in [4.69, 9.17) is 16.5 Å². The van der Waals surface area contributed by atoms with Crippen LogP contribution in [0.2, 0.25) is 0 Å². The summed E-state index contributed by atoms with van der Waals surface area (Å²) in [4.78, 5) is 13.9. The van der Waals surface area contributed by atoms with E-state index in [-0.39, 0.29) is 5.41 Å². The molecule has 0 saturated heterocycles. The van der Waals surface area contributed by atoms with E-state index >= 15 is 0 Å². The Morgan fingerprint density at radius 3 is 2.02 bits per heavy atom. The molecule has 6 aromatic carbocycles. The van der Waals surface area contributed by atoms with Gasteiger partial charge in [-0.25, -0.2) is 14.8 Å². The highest BCUT2D eigenvalue weighted by Crippen LogP contribution is 2.51. The third kappa shape index (κ3) is 4.31. The van der Waals surface area contributed by atoms with Crippen molar-refractivity contribution in [2.75, 3.05) is 0 Å². The number of nitrogens with zero attached hydrogens (tertiary/aromatic N) is 5. The van der Waals surface area contributed by atoms with Crippen LogP contribution >= 0.6 is 0 Å². The number of hydrogen-bond acceptors (Lipinski definition) is 3. The zero-order chi connectivity index (χ0) is 34.0. The van der Waals surface area contributed by atoms with E-state index in [0.29, 0.717) is 34.0 Å².